The Morgan fingerprint density at radius 2 is 1.96 bits per heavy atom. The largest absolute Gasteiger partial charge is 0.494 e. The fourth-order valence-electron chi connectivity index (χ4n) is 3.08. The molecular weight excluding hydrogens is 291 g/mol. The van der Waals surface area contributed by atoms with E-state index in [-0.39, 0.29) is 5.82 Å². The highest BCUT2D eigenvalue weighted by Crippen LogP contribution is 2.41. The maximum Gasteiger partial charge on any atom is 0.146 e. The molecule has 0 bridgehead atoms. The number of halogens is 1. The summed E-state index contributed by atoms with van der Waals surface area (Å²) in [4.78, 5) is 4.85. The molecule has 3 aromatic rings. The van der Waals surface area contributed by atoms with Gasteiger partial charge in [0.25, 0.3) is 0 Å². The first kappa shape index (κ1) is 14.2. The number of ether oxygens (including phenoxy) is 1. The number of rotatable bonds is 5. The van der Waals surface area contributed by atoms with Crippen LogP contribution in [-0.2, 0) is 13.0 Å². The molecule has 118 valence electrons. The number of imidazole rings is 1. The molecule has 0 N–H and O–H groups in total. The summed E-state index contributed by atoms with van der Waals surface area (Å²) in [7, 11) is 1.68. The maximum atomic E-state index is 13.0. The van der Waals surface area contributed by atoms with Gasteiger partial charge in [-0.15, -0.1) is 0 Å². The van der Waals surface area contributed by atoms with Gasteiger partial charge >= 0.3 is 0 Å². The Kier molecular flexibility index (Phi) is 3.52. The number of nitrogens with zero attached hydrogens (tertiary/aromatic N) is 2. The fourth-order valence-corrected chi connectivity index (χ4v) is 3.08. The van der Waals surface area contributed by atoms with Crippen molar-refractivity contribution in [2.24, 2.45) is 0 Å². The number of fused-ring (bicyclic) bond motifs is 1. The summed E-state index contributed by atoms with van der Waals surface area (Å²) in [5.74, 6) is 2.36. The van der Waals surface area contributed by atoms with Crippen molar-refractivity contribution in [1.29, 1.82) is 0 Å². The molecule has 0 radical (unpaired) electrons. The Balaban J connectivity index is 1.70. The van der Waals surface area contributed by atoms with Crippen LogP contribution in [0.25, 0.3) is 11.0 Å². The number of aryl methyl sites for hydroxylation is 2. The highest BCUT2D eigenvalue weighted by Gasteiger charge is 2.30. The second-order valence-corrected chi connectivity index (χ2v) is 6.10. The highest BCUT2D eigenvalue weighted by atomic mass is 19.1. The molecule has 2 aromatic carbocycles. The number of methoxy groups -OCH3 is 1. The Morgan fingerprint density at radius 1 is 1.17 bits per heavy atom. The smallest absolute Gasteiger partial charge is 0.146 e. The van der Waals surface area contributed by atoms with Crippen LogP contribution >= 0.6 is 0 Å². The summed E-state index contributed by atoms with van der Waals surface area (Å²) >= 11 is 0. The number of hydrogen-bond donors (Lipinski definition) is 0. The quantitative estimate of drug-likeness (QED) is 0.702. The third-order valence-electron chi connectivity index (χ3n) is 4.47. The molecule has 4 rings (SSSR count). The standard InChI is InChI=1S/C19H19FN2O/c1-23-17-4-2-3-16-18(17)21-19(14-7-8-14)22(16)12-11-13-5-9-15(20)10-6-13/h2-6,9-10,14H,7-8,11-12H2,1H3. The lowest BCUT2D eigenvalue weighted by molar-refractivity contribution is 0.419. The minimum Gasteiger partial charge on any atom is -0.494 e. The van der Waals surface area contributed by atoms with Crippen LogP contribution in [0.2, 0.25) is 0 Å². The van der Waals surface area contributed by atoms with Gasteiger partial charge in [0.1, 0.15) is 22.9 Å². The number of hydrogen-bond acceptors (Lipinski definition) is 2. The molecule has 0 unspecified atom stereocenters. The lowest BCUT2D eigenvalue weighted by Gasteiger charge is -2.09. The third kappa shape index (κ3) is 2.69. The van der Waals surface area contributed by atoms with Gasteiger partial charge in [-0.3, -0.25) is 0 Å². The van der Waals surface area contributed by atoms with Crippen LogP contribution in [0.4, 0.5) is 4.39 Å². The second kappa shape index (κ2) is 5.69. The van der Waals surface area contributed by atoms with Gasteiger partial charge in [-0.1, -0.05) is 18.2 Å². The Morgan fingerprint density at radius 3 is 2.65 bits per heavy atom. The van der Waals surface area contributed by atoms with Gasteiger partial charge in [0.15, 0.2) is 0 Å². The van der Waals surface area contributed by atoms with Crippen molar-refractivity contribution in [1.82, 2.24) is 9.55 Å². The van der Waals surface area contributed by atoms with E-state index in [0.29, 0.717) is 5.92 Å². The van der Waals surface area contributed by atoms with E-state index in [1.165, 1.54) is 25.0 Å². The van der Waals surface area contributed by atoms with E-state index in [1.807, 2.05) is 24.3 Å². The average Bonchev–Trinajstić information content (AvgIpc) is 3.35. The number of aromatic nitrogens is 2. The number of benzene rings is 2. The van der Waals surface area contributed by atoms with Gasteiger partial charge in [0.05, 0.1) is 12.6 Å². The van der Waals surface area contributed by atoms with E-state index < -0.39 is 0 Å². The van der Waals surface area contributed by atoms with Crippen molar-refractivity contribution < 1.29 is 9.13 Å². The summed E-state index contributed by atoms with van der Waals surface area (Å²) in [6.07, 6.45) is 3.28. The fraction of sp³-hybridized carbons (Fsp3) is 0.316. The van der Waals surface area contributed by atoms with Gasteiger partial charge in [0, 0.05) is 12.5 Å². The summed E-state index contributed by atoms with van der Waals surface area (Å²) in [6, 6.07) is 12.8. The first-order valence-corrected chi connectivity index (χ1v) is 8.04. The molecule has 0 saturated heterocycles. The molecule has 1 saturated carbocycles. The molecule has 0 amide bonds. The van der Waals surface area contributed by atoms with Gasteiger partial charge < -0.3 is 9.30 Å². The monoisotopic (exact) mass is 310 g/mol. The van der Waals surface area contributed by atoms with Crippen LogP contribution in [0, 0.1) is 5.82 Å². The van der Waals surface area contributed by atoms with Crippen molar-refractivity contribution in [2.75, 3.05) is 7.11 Å². The second-order valence-electron chi connectivity index (χ2n) is 6.10. The molecule has 0 aliphatic heterocycles. The molecule has 0 atom stereocenters. The Labute approximate surface area is 134 Å². The molecule has 23 heavy (non-hydrogen) atoms. The van der Waals surface area contributed by atoms with E-state index in [1.54, 1.807) is 7.11 Å². The summed E-state index contributed by atoms with van der Waals surface area (Å²) in [5, 5.41) is 0. The van der Waals surface area contributed by atoms with Crippen LogP contribution in [-0.4, -0.2) is 16.7 Å². The normalized spacial score (nSPS) is 14.3. The lowest BCUT2D eigenvalue weighted by Crippen LogP contribution is -2.05. The van der Waals surface area contributed by atoms with E-state index in [2.05, 4.69) is 10.6 Å². The molecule has 1 fully saturated rings. The van der Waals surface area contributed by atoms with Crippen molar-refractivity contribution >= 4 is 11.0 Å². The molecular formula is C19H19FN2O. The molecule has 1 aromatic heterocycles. The SMILES string of the molecule is COc1cccc2c1nc(C1CC1)n2CCc1ccc(F)cc1. The van der Waals surface area contributed by atoms with Crippen molar-refractivity contribution in [2.45, 2.75) is 31.7 Å². The zero-order chi connectivity index (χ0) is 15.8. The van der Waals surface area contributed by atoms with Gasteiger partial charge in [-0.2, -0.15) is 0 Å². The van der Waals surface area contributed by atoms with Gasteiger partial charge in [0.2, 0.25) is 0 Å². The van der Waals surface area contributed by atoms with Crippen LogP contribution in [0.1, 0.15) is 30.1 Å². The highest BCUT2D eigenvalue weighted by molar-refractivity contribution is 5.82. The third-order valence-corrected chi connectivity index (χ3v) is 4.47. The van der Waals surface area contributed by atoms with E-state index in [0.717, 1.165) is 41.1 Å². The minimum absolute atomic E-state index is 0.190. The zero-order valence-electron chi connectivity index (χ0n) is 13.1. The topological polar surface area (TPSA) is 27.1 Å². The lowest BCUT2D eigenvalue weighted by atomic mass is 10.1. The van der Waals surface area contributed by atoms with Crippen molar-refractivity contribution in [3.8, 4) is 5.75 Å². The van der Waals surface area contributed by atoms with Crippen molar-refractivity contribution in [3.63, 3.8) is 0 Å². The Bertz CT molecular complexity index is 834. The number of para-hydroxylation sites is 1. The van der Waals surface area contributed by atoms with E-state index in [4.69, 9.17) is 9.72 Å². The van der Waals surface area contributed by atoms with E-state index >= 15 is 0 Å². The van der Waals surface area contributed by atoms with Crippen molar-refractivity contribution in [3.05, 3.63) is 59.7 Å². The molecule has 3 nitrogen and oxygen atoms in total. The van der Waals surface area contributed by atoms with Gasteiger partial charge in [-0.25, -0.2) is 9.37 Å². The predicted molar refractivity (Wildman–Crippen MR) is 88.4 cm³/mol. The maximum absolute atomic E-state index is 13.0. The Hall–Kier alpha value is -2.36. The first-order valence-electron chi connectivity index (χ1n) is 8.04. The van der Waals surface area contributed by atoms with Crippen LogP contribution in [0.3, 0.4) is 0 Å². The minimum atomic E-state index is -0.190. The summed E-state index contributed by atoms with van der Waals surface area (Å²) in [5.41, 5.74) is 3.20. The molecule has 1 aliphatic carbocycles. The zero-order valence-corrected chi connectivity index (χ0v) is 13.1. The molecule has 1 heterocycles. The predicted octanol–water partition coefficient (Wildman–Crippen LogP) is 4.30. The molecule has 1 aliphatic rings. The van der Waals surface area contributed by atoms with Crippen LogP contribution in [0.15, 0.2) is 42.5 Å². The summed E-state index contributed by atoms with van der Waals surface area (Å²) in [6.45, 7) is 0.848. The molecule has 0 spiro atoms. The van der Waals surface area contributed by atoms with Gasteiger partial charge in [-0.05, 0) is 49.1 Å². The average molecular weight is 310 g/mol. The van der Waals surface area contributed by atoms with E-state index in [9.17, 15) is 4.39 Å². The molecule has 4 heteroatoms. The van der Waals surface area contributed by atoms with Crippen LogP contribution < -0.4 is 4.74 Å². The first-order chi connectivity index (χ1) is 11.3. The summed E-state index contributed by atoms with van der Waals surface area (Å²) < 4.78 is 20.8. The van der Waals surface area contributed by atoms with Crippen LogP contribution in [0.5, 0.6) is 5.75 Å².